The second-order valence-corrected chi connectivity index (χ2v) is 5.57. The smallest absolute Gasteiger partial charge is 0.194 e. The molecule has 1 aromatic carbocycles. The predicted molar refractivity (Wildman–Crippen MR) is 72.4 cm³/mol. The molecule has 0 aliphatic heterocycles. The minimum atomic E-state index is 0.276. The van der Waals surface area contributed by atoms with Crippen LogP contribution in [0, 0.1) is 5.92 Å². The van der Waals surface area contributed by atoms with Crippen molar-refractivity contribution in [2.75, 3.05) is 0 Å². The van der Waals surface area contributed by atoms with Crippen molar-refractivity contribution in [2.24, 2.45) is 5.92 Å². The van der Waals surface area contributed by atoms with Gasteiger partial charge in [0.15, 0.2) is 5.78 Å². The van der Waals surface area contributed by atoms with Crippen LogP contribution in [-0.4, -0.2) is 5.78 Å². The average molecular weight is 236 g/mol. The van der Waals surface area contributed by atoms with E-state index in [-0.39, 0.29) is 5.78 Å². The highest BCUT2D eigenvalue weighted by molar-refractivity contribution is 6.27. The van der Waals surface area contributed by atoms with Crippen LogP contribution < -0.4 is 0 Å². The summed E-state index contributed by atoms with van der Waals surface area (Å²) < 4.78 is 0. The molecule has 0 radical (unpaired) electrons. The Morgan fingerprint density at radius 3 is 2.78 bits per heavy atom. The van der Waals surface area contributed by atoms with Crippen molar-refractivity contribution in [1.29, 1.82) is 0 Å². The largest absolute Gasteiger partial charge is 0.289 e. The van der Waals surface area contributed by atoms with Crippen LogP contribution in [0.15, 0.2) is 41.5 Å². The van der Waals surface area contributed by atoms with Gasteiger partial charge in [-0.15, -0.1) is 0 Å². The molecule has 0 bridgehead atoms. The Kier molecular flexibility index (Phi) is 2.11. The zero-order chi connectivity index (χ0) is 12.1. The fourth-order valence-corrected chi connectivity index (χ4v) is 3.77. The fraction of sp³-hybridized carbons (Fsp3) is 0.353. The molecule has 0 saturated heterocycles. The van der Waals surface area contributed by atoms with E-state index in [1.807, 2.05) is 18.2 Å². The average Bonchev–Trinajstić information content (AvgIpc) is 2.73. The summed E-state index contributed by atoms with van der Waals surface area (Å²) in [5.41, 5.74) is 5.82. The van der Waals surface area contributed by atoms with Crippen molar-refractivity contribution >= 4 is 11.4 Å². The van der Waals surface area contributed by atoms with Gasteiger partial charge < -0.3 is 0 Å². The van der Waals surface area contributed by atoms with Gasteiger partial charge in [0.05, 0.1) is 0 Å². The van der Waals surface area contributed by atoms with Crippen molar-refractivity contribution in [3.05, 3.63) is 52.6 Å². The van der Waals surface area contributed by atoms with Crippen LogP contribution in [0.5, 0.6) is 0 Å². The molecule has 1 heteroatoms. The topological polar surface area (TPSA) is 17.1 Å². The quantitative estimate of drug-likeness (QED) is 0.661. The number of rotatable bonds is 0. The maximum Gasteiger partial charge on any atom is 0.194 e. The number of hydrogen-bond donors (Lipinski definition) is 0. The van der Waals surface area contributed by atoms with Crippen LogP contribution in [0.2, 0.25) is 0 Å². The molecule has 18 heavy (non-hydrogen) atoms. The number of carbonyl (C=O) groups excluding carboxylic acids is 1. The van der Waals surface area contributed by atoms with Crippen molar-refractivity contribution in [2.45, 2.75) is 32.1 Å². The van der Waals surface area contributed by atoms with Crippen molar-refractivity contribution in [3.63, 3.8) is 0 Å². The van der Waals surface area contributed by atoms with Gasteiger partial charge in [-0.05, 0) is 42.7 Å². The summed E-state index contributed by atoms with van der Waals surface area (Å²) >= 11 is 0. The number of benzene rings is 1. The summed E-state index contributed by atoms with van der Waals surface area (Å²) in [4.78, 5) is 12.6. The number of hydrogen-bond acceptors (Lipinski definition) is 1. The molecule has 0 N–H and O–H groups in total. The van der Waals surface area contributed by atoms with Gasteiger partial charge in [-0.2, -0.15) is 0 Å². The summed E-state index contributed by atoms with van der Waals surface area (Å²) in [6, 6.07) is 8.07. The maximum atomic E-state index is 12.6. The third kappa shape index (κ3) is 1.25. The minimum absolute atomic E-state index is 0.276. The Morgan fingerprint density at radius 1 is 1.06 bits per heavy atom. The molecular weight excluding hydrogens is 220 g/mol. The van der Waals surface area contributed by atoms with Crippen molar-refractivity contribution < 1.29 is 4.79 Å². The molecule has 1 atom stereocenters. The zero-order valence-electron chi connectivity index (χ0n) is 10.4. The second-order valence-electron chi connectivity index (χ2n) is 5.57. The number of ketones is 1. The van der Waals surface area contributed by atoms with Gasteiger partial charge in [0.25, 0.3) is 0 Å². The number of Topliss-reactive ketones (excluding diaryl/α,β-unsaturated/α-hetero) is 1. The molecule has 1 unspecified atom stereocenters. The SMILES string of the molecule is O=C1C2=C3CCCCC3CC=C2c2ccccc21. The van der Waals surface area contributed by atoms with E-state index >= 15 is 0 Å². The van der Waals surface area contributed by atoms with Crippen molar-refractivity contribution in [3.8, 4) is 0 Å². The lowest BCUT2D eigenvalue weighted by Crippen LogP contribution is -2.16. The Labute approximate surface area is 107 Å². The first-order chi connectivity index (χ1) is 8.86. The monoisotopic (exact) mass is 236 g/mol. The van der Waals surface area contributed by atoms with Crippen LogP contribution in [-0.2, 0) is 0 Å². The highest BCUT2D eigenvalue weighted by Crippen LogP contribution is 2.47. The number of carbonyl (C=O) groups is 1. The molecule has 1 fully saturated rings. The van der Waals surface area contributed by atoms with E-state index in [2.05, 4.69) is 12.1 Å². The van der Waals surface area contributed by atoms with Crippen LogP contribution in [0.1, 0.15) is 48.0 Å². The van der Waals surface area contributed by atoms with Crippen LogP contribution >= 0.6 is 0 Å². The van der Waals surface area contributed by atoms with Crippen molar-refractivity contribution in [1.82, 2.24) is 0 Å². The molecule has 1 nitrogen and oxygen atoms in total. The summed E-state index contributed by atoms with van der Waals surface area (Å²) in [6.07, 6.45) is 8.43. The summed E-state index contributed by atoms with van der Waals surface area (Å²) in [6.45, 7) is 0. The van der Waals surface area contributed by atoms with Gasteiger partial charge in [-0.25, -0.2) is 0 Å². The van der Waals surface area contributed by atoms with E-state index in [0.717, 1.165) is 29.5 Å². The Bertz CT molecular complexity index is 604. The summed E-state index contributed by atoms with van der Waals surface area (Å²) in [7, 11) is 0. The lowest BCUT2D eigenvalue weighted by molar-refractivity contribution is 0.104. The van der Waals surface area contributed by atoms with Gasteiger partial charge >= 0.3 is 0 Å². The fourth-order valence-electron chi connectivity index (χ4n) is 3.77. The second kappa shape index (κ2) is 3.68. The minimum Gasteiger partial charge on any atom is -0.289 e. The lowest BCUT2D eigenvalue weighted by Gasteiger charge is -2.29. The van der Waals surface area contributed by atoms with Crippen LogP contribution in [0.4, 0.5) is 0 Å². The molecule has 3 aliphatic carbocycles. The third-order valence-electron chi connectivity index (χ3n) is 4.63. The Balaban J connectivity index is 1.94. The molecular formula is C17H16O. The Morgan fingerprint density at radius 2 is 1.89 bits per heavy atom. The van der Waals surface area contributed by atoms with E-state index in [1.54, 1.807) is 0 Å². The van der Waals surface area contributed by atoms with E-state index in [4.69, 9.17) is 0 Å². The summed E-state index contributed by atoms with van der Waals surface area (Å²) in [5, 5.41) is 0. The standard InChI is InChI=1S/C17H16O/c18-17-15-8-4-3-7-13(15)14-10-9-11-5-1-2-6-12(11)16(14)17/h3-4,7-8,10-11H,1-2,5-6,9H2. The first kappa shape index (κ1) is 10.3. The number of fused-ring (bicyclic) bond motifs is 4. The maximum absolute atomic E-state index is 12.6. The molecule has 1 aromatic rings. The highest BCUT2D eigenvalue weighted by atomic mass is 16.1. The summed E-state index contributed by atoms with van der Waals surface area (Å²) in [5.74, 6) is 0.925. The van der Waals surface area contributed by atoms with Gasteiger partial charge in [0, 0.05) is 11.1 Å². The van der Waals surface area contributed by atoms with Gasteiger partial charge in [0.1, 0.15) is 0 Å². The molecule has 4 rings (SSSR count). The molecule has 0 amide bonds. The zero-order valence-corrected chi connectivity index (χ0v) is 10.4. The highest BCUT2D eigenvalue weighted by Gasteiger charge is 2.36. The van der Waals surface area contributed by atoms with Gasteiger partial charge in [-0.1, -0.05) is 42.3 Å². The van der Waals surface area contributed by atoms with E-state index in [1.165, 1.54) is 30.4 Å². The van der Waals surface area contributed by atoms with Gasteiger partial charge in [-0.3, -0.25) is 4.79 Å². The van der Waals surface area contributed by atoms with E-state index < -0.39 is 0 Å². The third-order valence-corrected chi connectivity index (χ3v) is 4.63. The number of allylic oxidation sites excluding steroid dienone is 4. The Hall–Kier alpha value is -1.63. The van der Waals surface area contributed by atoms with E-state index in [9.17, 15) is 4.79 Å². The molecule has 1 saturated carbocycles. The first-order valence-electron chi connectivity index (χ1n) is 6.94. The molecule has 3 aliphatic rings. The lowest BCUT2D eigenvalue weighted by atomic mass is 9.75. The van der Waals surface area contributed by atoms with Crippen LogP contribution in [0.25, 0.3) is 5.57 Å². The molecule has 0 aromatic heterocycles. The predicted octanol–water partition coefficient (Wildman–Crippen LogP) is 4.16. The molecule has 0 spiro atoms. The van der Waals surface area contributed by atoms with E-state index in [0.29, 0.717) is 5.92 Å². The van der Waals surface area contributed by atoms with Crippen LogP contribution in [0.3, 0.4) is 0 Å². The van der Waals surface area contributed by atoms with Gasteiger partial charge in [0.2, 0.25) is 0 Å². The first-order valence-corrected chi connectivity index (χ1v) is 6.94. The molecule has 0 heterocycles. The molecule has 90 valence electrons. The normalized spacial score (nSPS) is 25.4.